The summed E-state index contributed by atoms with van der Waals surface area (Å²) >= 11 is 1.04. The van der Waals surface area contributed by atoms with Crippen LogP contribution in [0.2, 0.25) is 0 Å². The minimum atomic E-state index is -2.49. The van der Waals surface area contributed by atoms with E-state index >= 15 is 0 Å². The van der Waals surface area contributed by atoms with E-state index in [4.69, 9.17) is 20.0 Å². The summed E-state index contributed by atoms with van der Waals surface area (Å²) in [5.41, 5.74) is 7.05. The molecule has 0 aromatic carbocycles. The van der Waals surface area contributed by atoms with Crippen LogP contribution in [0.3, 0.4) is 0 Å². The van der Waals surface area contributed by atoms with Crippen molar-refractivity contribution in [1.82, 2.24) is 14.9 Å². The van der Waals surface area contributed by atoms with Crippen molar-refractivity contribution in [2.45, 2.75) is 47.1 Å². The summed E-state index contributed by atoms with van der Waals surface area (Å²) < 4.78 is 4.83. The van der Waals surface area contributed by atoms with Crippen molar-refractivity contribution in [3.05, 3.63) is 28.2 Å². The molecule has 11 heteroatoms. The van der Waals surface area contributed by atoms with E-state index < -0.39 is 8.60 Å². The Balaban J connectivity index is 3.10. The molecular formula is C17H27N4O5PS. The quantitative estimate of drug-likeness (QED) is 0.357. The maximum absolute atomic E-state index is 12.4. The summed E-state index contributed by atoms with van der Waals surface area (Å²) in [5.74, 6) is 0.669. The summed E-state index contributed by atoms with van der Waals surface area (Å²) in [5, 5.41) is -0.0313. The first-order chi connectivity index (χ1) is 13.2. The molecule has 0 spiro atoms. The number of amides is 1. The number of aryl methyl sites for hydroxylation is 1. The van der Waals surface area contributed by atoms with Crippen LogP contribution in [0.5, 0.6) is 0 Å². The summed E-state index contributed by atoms with van der Waals surface area (Å²) in [4.78, 5) is 52.2. The lowest BCUT2D eigenvalue weighted by atomic mass is 10.1. The van der Waals surface area contributed by atoms with Gasteiger partial charge in [-0.3, -0.25) is 9.59 Å². The van der Waals surface area contributed by atoms with Crippen LogP contribution in [0.4, 0.5) is 5.82 Å². The van der Waals surface area contributed by atoms with Gasteiger partial charge in [0.1, 0.15) is 11.6 Å². The van der Waals surface area contributed by atoms with E-state index in [0.29, 0.717) is 34.8 Å². The SMILES string of the molecule is CCC(C)C(=O)S/C(CCOP(O)O)=C(/C)N(C=O)Cc1cnc(C)nc1N. The highest BCUT2D eigenvalue weighted by atomic mass is 32.2. The van der Waals surface area contributed by atoms with Crippen LogP contribution in [0.1, 0.15) is 45.0 Å². The molecule has 1 unspecified atom stereocenters. The average molecular weight is 430 g/mol. The smallest absolute Gasteiger partial charge is 0.327 e. The summed E-state index contributed by atoms with van der Waals surface area (Å²) in [6.45, 7) is 7.35. The second-order valence-electron chi connectivity index (χ2n) is 6.14. The van der Waals surface area contributed by atoms with Crippen LogP contribution < -0.4 is 5.73 Å². The number of rotatable bonds is 11. The number of aromatic nitrogens is 2. The zero-order chi connectivity index (χ0) is 21.3. The summed E-state index contributed by atoms with van der Waals surface area (Å²) in [6, 6.07) is 0. The number of carbonyl (C=O) groups excluding carboxylic acids is 2. The number of thioether (sulfide) groups is 1. The minimum absolute atomic E-state index is 0.00857. The maximum atomic E-state index is 12.4. The highest BCUT2D eigenvalue weighted by molar-refractivity contribution is 8.17. The second-order valence-corrected chi connectivity index (χ2v) is 8.00. The van der Waals surface area contributed by atoms with Crippen LogP contribution in [0, 0.1) is 12.8 Å². The van der Waals surface area contributed by atoms with Crippen molar-refractivity contribution in [1.29, 1.82) is 0 Å². The van der Waals surface area contributed by atoms with Gasteiger partial charge >= 0.3 is 8.60 Å². The number of carbonyl (C=O) groups is 2. The molecule has 1 amide bonds. The van der Waals surface area contributed by atoms with Crippen LogP contribution in [0.15, 0.2) is 16.8 Å². The number of allylic oxidation sites excluding steroid dienone is 1. The van der Waals surface area contributed by atoms with Gasteiger partial charge in [-0.2, -0.15) is 0 Å². The van der Waals surface area contributed by atoms with Crippen LogP contribution in [-0.2, 0) is 20.7 Å². The van der Waals surface area contributed by atoms with Gasteiger partial charge in [0.25, 0.3) is 0 Å². The third-order valence-corrected chi connectivity index (χ3v) is 5.86. The Morgan fingerprint density at radius 2 is 2.18 bits per heavy atom. The Morgan fingerprint density at radius 3 is 2.71 bits per heavy atom. The molecule has 1 heterocycles. The third kappa shape index (κ3) is 7.81. The van der Waals surface area contributed by atoms with Crippen LogP contribution in [0.25, 0.3) is 0 Å². The monoisotopic (exact) mass is 430 g/mol. The third-order valence-electron chi connectivity index (χ3n) is 4.10. The predicted molar refractivity (Wildman–Crippen MR) is 109 cm³/mol. The number of anilines is 1. The Labute approximate surface area is 170 Å². The van der Waals surface area contributed by atoms with Crippen molar-refractivity contribution in [3.63, 3.8) is 0 Å². The molecule has 0 saturated carbocycles. The fraction of sp³-hybridized carbons (Fsp3) is 0.529. The van der Waals surface area contributed by atoms with Gasteiger partial charge in [0.15, 0.2) is 5.12 Å². The van der Waals surface area contributed by atoms with Gasteiger partial charge in [0.05, 0.1) is 13.2 Å². The van der Waals surface area contributed by atoms with Crippen LogP contribution >= 0.6 is 20.4 Å². The highest BCUT2D eigenvalue weighted by Gasteiger charge is 2.19. The molecule has 0 fully saturated rings. The number of nitrogen functional groups attached to an aromatic ring is 1. The lowest BCUT2D eigenvalue weighted by Gasteiger charge is -2.22. The largest absolute Gasteiger partial charge is 0.383 e. The molecule has 0 aliphatic heterocycles. The van der Waals surface area contributed by atoms with E-state index in [1.165, 1.54) is 4.90 Å². The van der Waals surface area contributed by atoms with Crippen molar-refractivity contribution in [3.8, 4) is 0 Å². The van der Waals surface area contributed by atoms with E-state index in [-0.39, 0.29) is 36.4 Å². The molecule has 1 aromatic heterocycles. The first-order valence-corrected chi connectivity index (χ1v) is 10.7. The molecule has 1 aromatic rings. The number of nitrogens with two attached hydrogens (primary N) is 1. The predicted octanol–water partition coefficient (Wildman–Crippen LogP) is 2.48. The lowest BCUT2D eigenvalue weighted by Crippen LogP contribution is -2.22. The van der Waals surface area contributed by atoms with Gasteiger partial charge < -0.3 is 24.9 Å². The highest BCUT2D eigenvalue weighted by Crippen LogP contribution is 2.32. The standard InChI is InChI=1S/C17H27N4O5PS/c1-5-11(2)17(23)28-15(6-7-26-27(24)25)12(3)21(10-22)9-14-8-19-13(4)20-16(14)18/h8,10-11,24-25H,5-7,9H2,1-4H3,(H2,18,19,20)/b15-12-. The first kappa shape index (κ1) is 24.5. The molecular weight excluding hydrogens is 403 g/mol. The van der Waals surface area contributed by atoms with Gasteiger partial charge in [-0.1, -0.05) is 25.6 Å². The van der Waals surface area contributed by atoms with E-state index in [1.54, 1.807) is 20.0 Å². The molecule has 0 aliphatic rings. The first-order valence-electron chi connectivity index (χ1n) is 8.71. The number of hydrogen-bond acceptors (Lipinski definition) is 9. The summed E-state index contributed by atoms with van der Waals surface area (Å²) in [6.07, 6.45) is 3.16. The lowest BCUT2D eigenvalue weighted by molar-refractivity contribution is -0.117. The van der Waals surface area contributed by atoms with Gasteiger partial charge in [-0.05, 0) is 20.3 Å². The van der Waals surface area contributed by atoms with Crippen LogP contribution in [-0.4, -0.2) is 42.8 Å². The fourth-order valence-electron chi connectivity index (χ4n) is 2.13. The normalized spacial score (nSPS) is 13.2. The van der Waals surface area contributed by atoms with Gasteiger partial charge in [-0.15, -0.1) is 0 Å². The second kappa shape index (κ2) is 12.1. The van der Waals surface area contributed by atoms with Crippen molar-refractivity contribution in [2.75, 3.05) is 12.3 Å². The topological polar surface area (TPSA) is 139 Å². The molecule has 1 atom stereocenters. The maximum Gasteiger partial charge on any atom is 0.327 e. The molecule has 4 N–H and O–H groups in total. The Morgan fingerprint density at radius 1 is 1.50 bits per heavy atom. The molecule has 28 heavy (non-hydrogen) atoms. The van der Waals surface area contributed by atoms with Crippen molar-refractivity contribution >= 4 is 37.7 Å². The van der Waals surface area contributed by atoms with E-state index in [2.05, 4.69) is 9.97 Å². The van der Waals surface area contributed by atoms with Gasteiger partial charge in [-0.25, -0.2) is 9.97 Å². The van der Waals surface area contributed by atoms with Gasteiger partial charge in [0, 0.05) is 34.7 Å². The Hall–Kier alpha value is -1.58. The molecule has 0 bridgehead atoms. The molecule has 0 radical (unpaired) electrons. The summed E-state index contributed by atoms with van der Waals surface area (Å²) in [7, 11) is -2.49. The zero-order valence-corrected chi connectivity index (χ0v) is 18.2. The van der Waals surface area contributed by atoms with Crippen molar-refractivity contribution < 1.29 is 23.9 Å². The fourth-order valence-corrected chi connectivity index (χ4v) is 3.44. The molecule has 0 aliphatic carbocycles. The Bertz CT molecular complexity index is 717. The number of hydrogen-bond donors (Lipinski definition) is 3. The molecule has 9 nitrogen and oxygen atoms in total. The minimum Gasteiger partial charge on any atom is -0.383 e. The van der Waals surface area contributed by atoms with Crippen molar-refractivity contribution in [2.24, 2.45) is 5.92 Å². The molecule has 0 saturated heterocycles. The van der Waals surface area contributed by atoms with E-state index in [0.717, 1.165) is 11.8 Å². The van der Waals surface area contributed by atoms with E-state index in [9.17, 15) is 9.59 Å². The van der Waals surface area contributed by atoms with Gasteiger partial charge in [0.2, 0.25) is 6.41 Å². The molecule has 156 valence electrons. The number of nitrogens with zero attached hydrogens (tertiary/aromatic N) is 3. The average Bonchev–Trinajstić information content (AvgIpc) is 2.65. The molecule has 1 rings (SSSR count). The Kier molecular flexibility index (Phi) is 10.6. The van der Waals surface area contributed by atoms with E-state index in [1.807, 2.05) is 13.8 Å². The zero-order valence-electron chi connectivity index (χ0n) is 16.5.